The SMILES string of the molecule is CCC(C)Nc1ccc(N2CCOCC2)cc1. The molecule has 1 heterocycles. The van der Waals surface area contributed by atoms with Crippen molar-refractivity contribution >= 4 is 11.4 Å². The lowest BCUT2D eigenvalue weighted by Crippen LogP contribution is -2.36. The molecule has 3 heteroatoms. The van der Waals surface area contributed by atoms with Crippen molar-refractivity contribution < 1.29 is 4.74 Å². The van der Waals surface area contributed by atoms with Gasteiger partial charge in [0.1, 0.15) is 0 Å². The molecule has 1 aromatic carbocycles. The summed E-state index contributed by atoms with van der Waals surface area (Å²) in [4.78, 5) is 2.37. The summed E-state index contributed by atoms with van der Waals surface area (Å²) in [7, 11) is 0. The fourth-order valence-corrected chi connectivity index (χ4v) is 1.98. The molecule has 2 rings (SSSR count). The Kier molecular flexibility index (Phi) is 4.26. The van der Waals surface area contributed by atoms with E-state index in [1.54, 1.807) is 0 Å². The van der Waals surface area contributed by atoms with Crippen LogP contribution in [0.15, 0.2) is 24.3 Å². The number of benzene rings is 1. The molecule has 0 aromatic heterocycles. The van der Waals surface area contributed by atoms with Crippen LogP contribution < -0.4 is 10.2 Å². The number of ether oxygens (including phenoxy) is 1. The Bertz CT molecular complexity index is 331. The van der Waals surface area contributed by atoms with Crippen LogP contribution >= 0.6 is 0 Å². The highest BCUT2D eigenvalue weighted by Gasteiger charge is 2.10. The summed E-state index contributed by atoms with van der Waals surface area (Å²) in [6, 6.07) is 9.24. The third-order valence-electron chi connectivity index (χ3n) is 3.27. The lowest BCUT2D eigenvalue weighted by molar-refractivity contribution is 0.122. The molecule has 1 aliphatic heterocycles. The first kappa shape index (κ1) is 12.2. The minimum Gasteiger partial charge on any atom is -0.383 e. The van der Waals surface area contributed by atoms with Crippen LogP contribution in [-0.4, -0.2) is 32.3 Å². The van der Waals surface area contributed by atoms with Gasteiger partial charge >= 0.3 is 0 Å². The second-order valence-corrected chi connectivity index (χ2v) is 4.60. The Morgan fingerprint density at radius 1 is 1.24 bits per heavy atom. The molecular formula is C14H22N2O. The lowest BCUT2D eigenvalue weighted by Gasteiger charge is -2.29. The van der Waals surface area contributed by atoms with Gasteiger partial charge in [-0.1, -0.05) is 6.92 Å². The number of anilines is 2. The van der Waals surface area contributed by atoms with E-state index in [0.29, 0.717) is 6.04 Å². The summed E-state index contributed by atoms with van der Waals surface area (Å²) in [6.45, 7) is 8.08. The Morgan fingerprint density at radius 3 is 2.47 bits per heavy atom. The standard InChI is InChI=1S/C14H22N2O/c1-3-12(2)15-13-4-6-14(7-5-13)16-8-10-17-11-9-16/h4-7,12,15H,3,8-11H2,1-2H3. The maximum Gasteiger partial charge on any atom is 0.0642 e. The molecule has 17 heavy (non-hydrogen) atoms. The van der Waals surface area contributed by atoms with Crippen LogP contribution in [0.4, 0.5) is 11.4 Å². The summed E-state index contributed by atoms with van der Waals surface area (Å²) in [5.74, 6) is 0. The molecule has 0 spiro atoms. The Hall–Kier alpha value is -1.22. The van der Waals surface area contributed by atoms with Gasteiger partial charge < -0.3 is 15.0 Å². The minimum absolute atomic E-state index is 0.532. The minimum atomic E-state index is 0.532. The molecule has 94 valence electrons. The molecule has 1 N–H and O–H groups in total. The van der Waals surface area contributed by atoms with E-state index in [1.807, 2.05) is 0 Å². The zero-order chi connectivity index (χ0) is 12.1. The number of rotatable bonds is 4. The number of nitrogens with zero attached hydrogens (tertiary/aromatic N) is 1. The molecular weight excluding hydrogens is 212 g/mol. The van der Waals surface area contributed by atoms with E-state index in [9.17, 15) is 0 Å². The van der Waals surface area contributed by atoms with Gasteiger partial charge in [-0.25, -0.2) is 0 Å². The molecule has 1 aromatic rings. The van der Waals surface area contributed by atoms with Gasteiger partial charge in [-0.2, -0.15) is 0 Å². The van der Waals surface area contributed by atoms with Crippen molar-refractivity contribution in [1.82, 2.24) is 0 Å². The average Bonchev–Trinajstić information content (AvgIpc) is 2.40. The molecule has 0 bridgehead atoms. The predicted octanol–water partition coefficient (Wildman–Crippen LogP) is 2.73. The quantitative estimate of drug-likeness (QED) is 0.867. The summed E-state index contributed by atoms with van der Waals surface area (Å²) in [5, 5.41) is 3.48. The van der Waals surface area contributed by atoms with Crippen LogP contribution in [0.1, 0.15) is 20.3 Å². The second-order valence-electron chi connectivity index (χ2n) is 4.60. The number of morpholine rings is 1. The van der Waals surface area contributed by atoms with Gasteiger partial charge in [-0.05, 0) is 37.6 Å². The fourth-order valence-electron chi connectivity index (χ4n) is 1.98. The lowest BCUT2D eigenvalue weighted by atomic mass is 10.2. The summed E-state index contributed by atoms with van der Waals surface area (Å²) < 4.78 is 5.36. The first-order valence-electron chi connectivity index (χ1n) is 6.49. The predicted molar refractivity (Wildman–Crippen MR) is 72.8 cm³/mol. The highest BCUT2D eigenvalue weighted by Crippen LogP contribution is 2.19. The van der Waals surface area contributed by atoms with Crippen molar-refractivity contribution in [3.63, 3.8) is 0 Å². The third kappa shape index (κ3) is 3.37. The number of nitrogens with one attached hydrogen (secondary N) is 1. The molecule has 1 aliphatic rings. The van der Waals surface area contributed by atoms with Crippen molar-refractivity contribution in [2.24, 2.45) is 0 Å². The van der Waals surface area contributed by atoms with Crippen molar-refractivity contribution in [1.29, 1.82) is 0 Å². The summed E-state index contributed by atoms with van der Waals surface area (Å²) in [6.07, 6.45) is 1.14. The van der Waals surface area contributed by atoms with E-state index in [2.05, 4.69) is 48.3 Å². The smallest absolute Gasteiger partial charge is 0.0642 e. The Balaban J connectivity index is 1.97. The maximum absolute atomic E-state index is 5.36. The normalized spacial score (nSPS) is 17.9. The Labute approximate surface area is 104 Å². The highest BCUT2D eigenvalue weighted by atomic mass is 16.5. The van der Waals surface area contributed by atoms with E-state index >= 15 is 0 Å². The van der Waals surface area contributed by atoms with Crippen molar-refractivity contribution in [2.45, 2.75) is 26.3 Å². The van der Waals surface area contributed by atoms with Crippen molar-refractivity contribution in [2.75, 3.05) is 36.5 Å². The van der Waals surface area contributed by atoms with Crippen LogP contribution in [0.3, 0.4) is 0 Å². The van der Waals surface area contributed by atoms with E-state index in [4.69, 9.17) is 4.74 Å². The maximum atomic E-state index is 5.36. The molecule has 1 fully saturated rings. The van der Waals surface area contributed by atoms with Crippen molar-refractivity contribution in [3.05, 3.63) is 24.3 Å². The first-order chi connectivity index (χ1) is 8.29. The van der Waals surface area contributed by atoms with Gasteiger partial charge in [0.2, 0.25) is 0 Å². The second kappa shape index (κ2) is 5.92. The number of hydrogen-bond acceptors (Lipinski definition) is 3. The van der Waals surface area contributed by atoms with Gasteiger partial charge in [0, 0.05) is 30.5 Å². The summed E-state index contributed by atoms with van der Waals surface area (Å²) >= 11 is 0. The highest BCUT2D eigenvalue weighted by molar-refractivity contribution is 5.55. The first-order valence-corrected chi connectivity index (χ1v) is 6.49. The van der Waals surface area contributed by atoms with Gasteiger partial charge in [0.25, 0.3) is 0 Å². The molecule has 3 nitrogen and oxygen atoms in total. The Morgan fingerprint density at radius 2 is 1.88 bits per heavy atom. The molecule has 0 saturated carbocycles. The topological polar surface area (TPSA) is 24.5 Å². The van der Waals surface area contributed by atoms with Gasteiger partial charge in [-0.15, -0.1) is 0 Å². The average molecular weight is 234 g/mol. The third-order valence-corrected chi connectivity index (χ3v) is 3.27. The van der Waals surface area contributed by atoms with Crippen molar-refractivity contribution in [3.8, 4) is 0 Å². The van der Waals surface area contributed by atoms with Gasteiger partial charge in [-0.3, -0.25) is 0 Å². The fraction of sp³-hybridized carbons (Fsp3) is 0.571. The van der Waals surface area contributed by atoms with E-state index in [0.717, 1.165) is 32.7 Å². The molecule has 0 aliphatic carbocycles. The van der Waals surface area contributed by atoms with Crippen LogP contribution in [0.2, 0.25) is 0 Å². The number of hydrogen-bond donors (Lipinski definition) is 1. The van der Waals surface area contributed by atoms with Crippen LogP contribution in [-0.2, 0) is 4.74 Å². The molecule has 1 atom stereocenters. The van der Waals surface area contributed by atoms with Crippen LogP contribution in [0, 0.1) is 0 Å². The monoisotopic (exact) mass is 234 g/mol. The van der Waals surface area contributed by atoms with Gasteiger partial charge in [0.05, 0.1) is 13.2 Å². The van der Waals surface area contributed by atoms with Crippen LogP contribution in [0.5, 0.6) is 0 Å². The zero-order valence-electron chi connectivity index (χ0n) is 10.8. The molecule has 0 radical (unpaired) electrons. The van der Waals surface area contributed by atoms with Gasteiger partial charge in [0.15, 0.2) is 0 Å². The molecule has 1 unspecified atom stereocenters. The van der Waals surface area contributed by atoms with E-state index in [-0.39, 0.29) is 0 Å². The zero-order valence-corrected chi connectivity index (χ0v) is 10.8. The molecule has 1 saturated heterocycles. The summed E-state index contributed by atoms with van der Waals surface area (Å²) in [5.41, 5.74) is 2.50. The largest absolute Gasteiger partial charge is 0.383 e. The molecule has 0 amide bonds. The van der Waals surface area contributed by atoms with E-state index < -0.39 is 0 Å². The van der Waals surface area contributed by atoms with E-state index in [1.165, 1.54) is 11.4 Å². The van der Waals surface area contributed by atoms with Crippen LogP contribution in [0.25, 0.3) is 0 Å².